The fraction of sp³-hybridized carbons (Fsp3) is 0.250. The summed E-state index contributed by atoms with van der Waals surface area (Å²) in [6, 6.07) is 4.64. The molecule has 0 fully saturated rings. The third-order valence-corrected chi connectivity index (χ3v) is 3.17. The lowest BCUT2D eigenvalue weighted by Crippen LogP contribution is -2.15. The number of nitrogen functional groups attached to an aromatic ring is 2. The molecule has 96 valence electrons. The van der Waals surface area contributed by atoms with E-state index in [0.29, 0.717) is 23.5 Å². The van der Waals surface area contributed by atoms with Gasteiger partial charge in [0, 0.05) is 16.5 Å². The van der Waals surface area contributed by atoms with Crippen molar-refractivity contribution in [3.05, 3.63) is 34.3 Å². The molecule has 0 atom stereocenters. The van der Waals surface area contributed by atoms with Gasteiger partial charge in [0.15, 0.2) is 5.82 Å². The van der Waals surface area contributed by atoms with Crippen molar-refractivity contribution in [1.82, 2.24) is 9.66 Å². The smallest absolute Gasteiger partial charge is 0.150 e. The molecule has 0 spiro atoms. The third kappa shape index (κ3) is 2.20. The Kier molecular flexibility index (Phi) is 3.56. The Labute approximate surface area is 113 Å². The van der Waals surface area contributed by atoms with Crippen LogP contribution in [0.3, 0.4) is 0 Å². The van der Waals surface area contributed by atoms with Crippen LogP contribution in [0.15, 0.2) is 22.7 Å². The minimum absolute atomic E-state index is 0.274. The molecule has 4 nitrogen and oxygen atoms in total. The Balaban J connectivity index is 2.57. The summed E-state index contributed by atoms with van der Waals surface area (Å²) >= 11 is 3.30. The number of rotatable bonds is 3. The van der Waals surface area contributed by atoms with E-state index >= 15 is 0 Å². The van der Waals surface area contributed by atoms with Gasteiger partial charge in [-0.1, -0.05) is 22.9 Å². The van der Waals surface area contributed by atoms with Crippen LogP contribution < -0.4 is 11.6 Å². The molecule has 4 N–H and O–H groups in total. The normalized spacial score (nSPS) is 10.8. The maximum atomic E-state index is 13.8. The van der Waals surface area contributed by atoms with Gasteiger partial charge < -0.3 is 11.6 Å². The number of nitrogens with two attached hydrogens (primary N) is 2. The summed E-state index contributed by atoms with van der Waals surface area (Å²) in [5.41, 5.74) is 6.62. The second kappa shape index (κ2) is 4.97. The zero-order valence-electron chi connectivity index (χ0n) is 9.95. The second-order valence-corrected chi connectivity index (χ2v) is 4.92. The number of hydrogen-bond donors (Lipinski definition) is 2. The molecule has 1 heterocycles. The Bertz CT molecular complexity index is 580. The van der Waals surface area contributed by atoms with Crippen LogP contribution in [0.4, 0.5) is 10.2 Å². The lowest BCUT2D eigenvalue weighted by molar-refractivity contribution is 0.630. The summed E-state index contributed by atoms with van der Waals surface area (Å²) in [7, 11) is 0. The van der Waals surface area contributed by atoms with Crippen LogP contribution >= 0.6 is 15.9 Å². The average molecular weight is 313 g/mol. The molecule has 0 aliphatic rings. The van der Waals surface area contributed by atoms with Gasteiger partial charge in [0.25, 0.3) is 0 Å². The zero-order chi connectivity index (χ0) is 13.3. The SMILES string of the molecule is CCCc1nc(-c2cc(Br)ccc2F)c(N)n1N. The third-order valence-electron chi connectivity index (χ3n) is 2.68. The zero-order valence-corrected chi connectivity index (χ0v) is 11.5. The van der Waals surface area contributed by atoms with Crippen molar-refractivity contribution in [3.8, 4) is 11.3 Å². The molecule has 0 aliphatic heterocycles. The van der Waals surface area contributed by atoms with Crippen LogP contribution in [-0.4, -0.2) is 9.66 Å². The number of aryl methyl sites for hydroxylation is 1. The average Bonchev–Trinajstić information content (AvgIpc) is 2.61. The lowest BCUT2D eigenvalue weighted by Gasteiger charge is -2.02. The van der Waals surface area contributed by atoms with Gasteiger partial charge in [0.2, 0.25) is 0 Å². The van der Waals surface area contributed by atoms with E-state index < -0.39 is 0 Å². The molecule has 6 heteroatoms. The molecule has 0 amide bonds. The topological polar surface area (TPSA) is 69.9 Å². The van der Waals surface area contributed by atoms with Gasteiger partial charge in [0.05, 0.1) is 0 Å². The quantitative estimate of drug-likeness (QED) is 0.856. The van der Waals surface area contributed by atoms with Crippen molar-refractivity contribution < 1.29 is 4.39 Å². The van der Waals surface area contributed by atoms with Gasteiger partial charge in [-0.25, -0.2) is 14.1 Å². The van der Waals surface area contributed by atoms with Crippen molar-refractivity contribution in [2.45, 2.75) is 19.8 Å². The van der Waals surface area contributed by atoms with Crippen molar-refractivity contribution >= 4 is 21.7 Å². The number of imidazole rings is 1. The van der Waals surface area contributed by atoms with Gasteiger partial charge in [-0.15, -0.1) is 0 Å². The van der Waals surface area contributed by atoms with E-state index in [9.17, 15) is 4.39 Å². The van der Waals surface area contributed by atoms with Gasteiger partial charge >= 0.3 is 0 Å². The Morgan fingerprint density at radius 1 is 1.44 bits per heavy atom. The molecule has 2 rings (SSSR count). The molecule has 0 saturated carbocycles. The van der Waals surface area contributed by atoms with Crippen LogP contribution in [0.2, 0.25) is 0 Å². The first kappa shape index (κ1) is 12.9. The van der Waals surface area contributed by atoms with E-state index in [0.717, 1.165) is 10.9 Å². The Morgan fingerprint density at radius 3 is 2.83 bits per heavy atom. The number of benzene rings is 1. The molecule has 0 aliphatic carbocycles. The predicted molar refractivity (Wildman–Crippen MR) is 73.9 cm³/mol. The fourth-order valence-corrected chi connectivity index (χ4v) is 2.13. The summed E-state index contributed by atoms with van der Waals surface area (Å²) in [5.74, 6) is 6.37. The highest BCUT2D eigenvalue weighted by molar-refractivity contribution is 9.10. The molecule has 0 unspecified atom stereocenters. The maximum Gasteiger partial charge on any atom is 0.150 e. The maximum absolute atomic E-state index is 13.8. The fourth-order valence-electron chi connectivity index (χ4n) is 1.77. The highest BCUT2D eigenvalue weighted by Gasteiger charge is 2.17. The van der Waals surface area contributed by atoms with Crippen molar-refractivity contribution in [2.75, 3.05) is 11.6 Å². The van der Waals surface area contributed by atoms with Gasteiger partial charge in [-0.3, -0.25) is 0 Å². The van der Waals surface area contributed by atoms with E-state index in [1.165, 1.54) is 10.7 Å². The molecule has 1 aromatic heterocycles. The highest BCUT2D eigenvalue weighted by atomic mass is 79.9. The Morgan fingerprint density at radius 2 is 2.17 bits per heavy atom. The summed E-state index contributed by atoms with van der Waals surface area (Å²) in [4.78, 5) is 4.32. The molecule has 0 bridgehead atoms. The van der Waals surface area contributed by atoms with E-state index in [1.54, 1.807) is 12.1 Å². The first-order valence-corrected chi connectivity index (χ1v) is 6.41. The number of halogens is 2. The first-order chi connectivity index (χ1) is 8.54. The lowest BCUT2D eigenvalue weighted by atomic mass is 10.1. The summed E-state index contributed by atoms with van der Waals surface area (Å²) in [5, 5.41) is 0. The molecule has 0 radical (unpaired) electrons. The van der Waals surface area contributed by atoms with Gasteiger partial charge in [0.1, 0.15) is 17.3 Å². The summed E-state index contributed by atoms with van der Waals surface area (Å²) in [6.45, 7) is 2.02. The Hall–Kier alpha value is -1.56. The number of anilines is 1. The first-order valence-electron chi connectivity index (χ1n) is 5.62. The largest absolute Gasteiger partial charge is 0.382 e. The van der Waals surface area contributed by atoms with Gasteiger partial charge in [-0.05, 0) is 24.6 Å². The molecular weight excluding hydrogens is 299 g/mol. The van der Waals surface area contributed by atoms with Crippen molar-refractivity contribution in [3.63, 3.8) is 0 Å². The molecular formula is C12H14BrFN4. The monoisotopic (exact) mass is 312 g/mol. The second-order valence-electron chi connectivity index (χ2n) is 4.01. The van der Waals surface area contributed by atoms with E-state index in [2.05, 4.69) is 20.9 Å². The number of aromatic nitrogens is 2. The molecule has 2 aromatic rings. The highest BCUT2D eigenvalue weighted by Crippen LogP contribution is 2.30. The van der Waals surface area contributed by atoms with E-state index in [-0.39, 0.29) is 11.6 Å². The minimum Gasteiger partial charge on any atom is -0.382 e. The number of hydrogen-bond acceptors (Lipinski definition) is 3. The van der Waals surface area contributed by atoms with Gasteiger partial charge in [-0.2, -0.15) is 0 Å². The number of nitrogens with zero attached hydrogens (tertiary/aromatic N) is 2. The van der Waals surface area contributed by atoms with Crippen LogP contribution in [0.25, 0.3) is 11.3 Å². The van der Waals surface area contributed by atoms with Crippen LogP contribution in [0, 0.1) is 5.82 Å². The van der Waals surface area contributed by atoms with Crippen LogP contribution in [-0.2, 0) is 6.42 Å². The standard InChI is InChI=1S/C12H14BrFN4/c1-2-3-10-17-11(12(15)18(10)16)8-6-7(13)4-5-9(8)14/h4-6H,2-3,15-16H2,1H3. The van der Waals surface area contributed by atoms with E-state index in [4.69, 9.17) is 11.6 Å². The van der Waals surface area contributed by atoms with Crippen LogP contribution in [0.1, 0.15) is 19.2 Å². The predicted octanol–water partition coefficient (Wildman–Crippen LogP) is 2.70. The molecule has 1 aromatic carbocycles. The molecule has 0 saturated heterocycles. The minimum atomic E-state index is -0.369. The molecule has 18 heavy (non-hydrogen) atoms. The van der Waals surface area contributed by atoms with Crippen molar-refractivity contribution in [1.29, 1.82) is 0 Å². The van der Waals surface area contributed by atoms with Crippen molar-refractivity contribution in [2.24, 2.45) is 0 Å². The summed E-state index contributed by atoms with van der Waals surface area (Å²) in [6.07, 6.45) is 1.60. The van der Waals surface area contributed by atoms with Crippen LogP contribution in [0.5, 0.6) is 0 Å². The van der Waals surface area contributed by atoms with E-state index in [1.807, 2.05) is 6.92 Å². The summed E-state index contributed by atoms with van der Waals surface area (Å²) < 4.78 is 15.9.